The van der Waals surface area contributed by atoms with Crippen molar-refractivity contribution in [2.75, 3.05) is 39.9 Å². The summed E-state index contributed by atoms with van der Waals surface area (Å²) in [6.45, 7) is 2.48. The second-order valence-electron chi connectivity index (χ2n) is 2.96. The zero-order chi connectivity index (χ0) is 9.94. The van der Waals surface area contributed by atoms with Crippen molar-refractivity contribution in [3.05, 3.63) is 0 Å². The van der Waals surface area contributed by atoms with Gasteiger partial charge in [-0.3, -0.25) is 0 Å². The van der Waals surface area contributed by atoms with Crippen LogP contribution in [0.4, 0.5) is 0 Å². The molecule has 0 heterocycles. The van der Waals surface area contributed by atoms with Gasteiger partial charge in [-0.05, 0) is 19.4 Å². The Kier molecular flexibility index (Phi) is 10.4. The van der Waals surface area contributed by atoms with Gasteiger partial charge in [0.2, 0.25) is 0 Å². The van der Waals surface area contributed by atoms with Gasteiger partial charge in [0.05, 0.1) is 6.61 Å². The third-order valence-electron chi connectivity index (χ3n) is 1.76. The van der Waals surface area contributed by atoms with Gasteiger partial charge >= 0.3 is 0 Å². The molecule has 1 atom stereocenters. The SMILES string of the molecule is COCCCCNC(CCl)COC. The van der Waals surface area contributed by atoms with Gasteiger partial charge in [0.15, 0.2) is 0 Å². The molecule has 0 aliphatic carbocycles. The molecule has 1 unspecified atom stereocenters. The van der Waals surface area contributed by atoms with Gasteiger partial charge in [0, 0.05) is 32.7 Å². The van der Waals surface area contributed by atoms with E-state index in [-0.39, 0.29) is 6.04 Å². The lowest BCUT2D eigenvalue weighted by Gasteiger charge is -2.14. The molecule has 0 saturated heterocycles. The Bertz CT molecular complexity index is 104. The Balaban J connectivity index is 3.17. The monoisotopic (exact) mass is 209 g/mol. The van der Waals surface area contributed by atoms with E-state index in [0.717, 1.165) is 26.0 Å². The van der Waals surface area contributed by atoms with Crippen molar-refractivity contribution in [1.82, 2.24) is 5.32 Å². The van der Waals surface area contributed by atoms with Crippen LogP contribution in [0.5, 0.6) is 0 Å². The fraction of sp³-hybridized carbons (Fsp3) is 1.00. The smallest absolute Gasteiger partial charge is 0.0627 e. The second-order valence-corrected chi connectivity index (χ2v) is 3.27. The molecule has 0 amide bonds. The van der Waals surface area contributed by atoms with E-state index < -0.39 is 0 Å². The molecule has 0 fully saturated rings. The average molecular weight is 210 g/mol. The summed E-state index contributed by atoms with van der Waals surface area (Å²) >= 11 is 5.72. The van der Waals surface area contributed by atoms with E-state index in [0.29, 0.717) is 12.5 Å². The molecule has 1 N–H and O–H groups in total. The largest absolute Gasteiger partial charge is 0.385 e. The lowest BCUT2D eigenvalue weighted by Crippen LogP contribution is -2.35. The van der Waals surface area contributed by atoms with E-state index in [1.54, 1.807) is 14.2 Å². The summed E-state index contributed by atoms with van der Waals surface area (Å²) in [5.74, 6) is 0.595. The van der Waals surface area contributed by atoms with Gasteiger partial charge in [-0.1, -0.05) is 0 Å². The quantitative estimate of drug-likeness (QED) is 0.458. The number of nitrogens with one attached hydrogen (secondary N) is 1. The molecule has 0 aromatic carbocycles. The Labute approximate surface area is 85.7 Å². The molecule has 0 rings (SSSR count). The molecule has 4 heteroatoms. The normalized spacial score (nSPS) is 13.2. The molecule has 0 aliphatic rings. The molecule has 0 saturated carbocycles. The molecule has 0 radical (unpaired) electrons. The van der Waals surface area contributed by atoms with Gasteiger partial charge < -0.3 is 14.8 Å². The van der Waals surface area contributed by atoms with E-state index in [9.17, 15) is 0 Å². The Hall–Kier alpha value is 0.170. The van der Waals surface area contributed by atoms with Crippen molar-refractivity contribution in [2.24, 2.45) is 0 Å². The topological polar surface area (TPSA) is 30.5 Å². The number of halogens is 1. The summed E-state index contributed by atoms with van der Waals surface area (Å²) in [6, 6.07) is 0.272. The first-order valence-electron chi connectivity index (χ1n) is 4.62. The highest BCUT2D eigenvalue weighted by Crippen LogP contribution is 1.92. The summed E-state index contributed by atoms with van der Waals surface area (Å²) in [7, 11) is 3.41. The van der Waals surface area contributed by atoms with Crippen LogP contribution in [0.15, 0.2) is 0 Å². The zero-order valence-electron chi connectivity index (χ0n) is 8.51. The molecular weight excluding hydrogens is 190 g/mol. The van der Waals surface area contributed by atoms with Crippen LogP contribution in [0.2, 0.25) is 0 Å². The molecule has 0 bridgehead atoms. The van der Waals surface area contributed by atoms with E-state index in [2.05, 4.69) is 5.32 Å². The molecule has 13 heavy (non-hydrogen) atoms. The van der Waals surface area contributed by atoms with E-state index in [4.69, 9.17) is 21.1 Å². The standard InChI is InChI=1S/C9H20ClNO2/c1-12-6-4-3-5-11-9(7-10)8-13-2/h9,11H,3-8H2,1-2H3. The van der Waals surface area contributed by atoms with Gasteiger partial charge in [0.1, 0.15) is 0 Å². The predicted octanol–water partition coefficient (Wildman–Crippen LogP) is 1.26. The lowest BCUT2D eigenvalue weighted by molar-refractivity contribution is 0.170. The molecule has 0 aliphatic heterocycles. The number of rotatable bonds is 9. The zero-order valence-corrected chi connectivity index (χ0v) is 9.27. The van der Waals surface area contributed by atoms with Crippen LogP contribution in [-0.4, -0.2) is 45.9 Å². The van der Waals surface area contributed by atoms with Gasteiger partial charge in [-0.25, -0.2) is 0 Å². The highest BCUT2D eigenvalue weighted by atomic mass is 35.5. The number of hydrogen-bond donors (Lipinski definition) is 1. The minimum atomic E-state index is 0.272. The summed E-state index contributed by atoms with van der Waals surface area (Å²) in [5, 5.41) is 3.32. The fourth-order valence-corrected chi connectivity index (χ4v) is 1.23. The lowest BCUT2D eigenvalue weighted by atomic mass is 10.3. The van der Waals surface area contributed by atoms with Crippen molar-refractivity contribution in [2.45, 2.75) is 18.9 Å². The maximum absolute atomic E-state index is 5.72. The third kappa shape index (κ3) is 8.50. The van der Waals surface area contributed by atoms with Crippen LogP contribution in [0.25, 0.3) is 0 Å². The van der Waals surface area contributed by atoms with Crippen LogP contribution < -0.4 is 5.32 Å². The van der Waals surface area contributed by atoms with Crippen LogP contribution in [0.1, 0.15) is 12.8 Å². The van der Waals surface area contributed by atoms with Crippen LogP contribution in [0, 0.1) is 0 Å². The molecule has 0 aromatic heterocycles. The Morgan fingerprint density at radius 3 is 2.54 bits per heavy atom. The van der Waals surface area contributed by atoms with Crippen LogP contribution in [-0.2, 0) is 9.47 Å². The number of ether oxygens (including phenoxy) is 2. The minimum absolute atomic E-state index is 0.272. The first-order valence-corrected chi connectivity index (χ1v) is 5.15. The molecule has 0 spiro atoms. The Morgan fingerprint density at radius 1 is 1.23 bits per heavy atom. The third-order valence-corrected chi connectivity index (χ3v) is 2.13. The minimum Gasteiger partial charge on any atom is -0.385 e. The average Bonchev–Trinajstić information content (AvgIpc) is 2.16. The van der Waals surface area contributed by atoms with Crippen molar-refractivity contribution in [3.8, 4) is 0 Å². The summed E-state index contributed by atoms with van der Waals surface area (Å²) in [5.41, 5.74) is 0. The van der Waals surface area contributed by atoms with Crippen LogP contribution in [0.3, 0.4) is 0 Å². The summed E-state index contributed by atoms with van der Waals surface area (Å²) in [4.78, 5) is 0. The summed E-state index contributed by atoms with van der Waals surface area (Å²) in [6.07, 6.45) is 2.20. The second kappa shape index (κ2) is 10.3. The highest BCUT2D eigenvalue weighted by molar-refractivity contribution is 6.18. The predicted molar refractivity (Wildman–Crippen MR) is 55.5 cm³/mol. The number of hydrogen-bond acceptors (Lipinski definition) is 3. The maximum atomic E-state index is 5.72. The van der Waals surface area contributed by atoms with Gasteiger partial charge in [0.25, 0.3) is 0 Å². The molecule has 3 nitrogen and oxygen atoms in total. The first-order chi connectivity index (χ1) is 6.35. The maximum Gasteiger partial charge on any atom is 0.0627 e. The molecule has 0 aromatic rings. The molecule has 80 valence electrons. The number of unbranched alkanes of at least 4 members (excludes halogenated alkanes) is 1. The fourth-order valence-electron chi connectivity index (χ4n) is 1.04. The van der Waals surface area contributed by atoms with E-state index in [1.807, 2.05) is 0 Å². The van der Waals surface area contributed by atoms with E-state index in [1.165, 1.54) is 0 Å². The van der Waals surface area contributed by atoms with Gasteiger partial charge in [-0.2, -0.15) is 0 Å². The first kappa shape index (κ1) is 13.2. The van der Waals surface area contributed by atoms with Crippen molar-refractivity contribution in [1.29, 1.82) is 0 Å². The van der Waals surface area contributed by atoms with Gasteiger partial charge in [-0.15, -0.1) is 11.6 Å². The van der Waals surface area contributed by atoms with Crippen molar-refractivity contribution < 1.29 is 9.47 Å². The summed E-state index contributed by atoms with van der Waals surface area (Å²) < 4.78 is 9.95. The Morgan fingerprint density at radius 2 is 2.00 bits per heavy atom. The molecular formula is C9H20ClNO2. The van der Waals surface area contributed by atoms with Crippen molar-refractivity contribution >= 4 is 11.6 Å². The highest BCUT2D eigenvalue weighted by Gasteiger charge is 2.04. The van der Waals surface area contributed by atoms with E-state index >= 15 is 0 Å². The number of alkyl halides is 1. The number of methoxy groups -OCH3 is 2. The van der Waals surface area contributed by atoms with Crippen LogP contribution >= 0.6 is 11.6 Å². The van der Waals surface area contributed by atoms with Crippen molar-refractivity contribution in [3.63, 3.8) is 0 Å².